The van der Waals surface area contributed by atoms with E-state index < -0.39 is 5.97 Å². The summed E-state index contributed by atoms with van der Waals surface area (Å²) in [5, 5.41) is 6.37. The Kier molecular flexibility index (Phi) is 8.40. The van der Waals surface area contributed by atoms with Crippen LogP contribution in [0.15, 0.2) is 27.6 Å². The number of carbonyl (C=O) groups is 1. The molecule has 0 radical (unpaired) electrons. The summed E-state index contributed by atoms with van der Waals surface area (Å²) in [4.78, 5) is 16.3. The predicted octanol–water partition coefficient (Wildman–Crippen LogP) is 2.66. The highest BCUT2D eigenvalue weighted by molar-refractivity contribution is 5.90. The summed E-state index contributed by atoms with van der Waals surface area (Å²) in [7, 11) is 6.05. The molecule has 9 nitrogen and oxygen atoms in total. The molecule has 0 aliphatic heterocycles. The Morgan fingerprint density at radius 3 is 2.23 bits per heavy atom. The first-order valence-corrected chi connectivity index (χ1v) is 9.46. The second-order valence-corrected chi connectivity index (χ2v) is 6.26. The highest BCUT2D eigenvalue weighted by Crippen LogP contribution is 2.38. The Labute approximate surface area is 176 Å². The van der Waals surface area contributed by atoms with E-state index in [1.165, 1.54) is 7.11 Å². The molecule has 0 atom stereocenters. The molecule has 1 heterocycles. The minimum Gasteiger partial charge on any atom is -0.493 e. The number of furan rings is 1. The van der Waals surface area contributed by atoms with Crippen molar-refractivity contribution < 1.29 is 28.2 Å². The fourth-order valence-corrected chi connectivity index (χ4v) is 2.85. The van der Waals surface area contributed by atoms with E-state index in [0.29, 0.717) is 59.9 Å². The van der Waals surface area contributed by atoms with E-state index in [1.807, 2.05) is 19.1 Å². The van der Waals surface area contributed by atoms with E-state index in [4.69, 9.17) is 23.4 Å². The molecule has 30 heavy (non-hydrogen) atoms. The van der Waals surface area contributed by atoms with Crippen molar-refractivity contribution in [2.75, 3.05) is 35.0 Å². The van der Waals surface area contributed by atoms with Crippen LogP contribution in [0.1, 0.15) is 34.4 Å². The summed E-state index contributed by atoms with van der Waals surface area (Å²) >= 11 is 0. The van der Waals surface area contributed by atoms with Crippen LogP contribution in [0, 0.1) is 6.92 Å². The molecular formula is C21H29N3O6. The van der Waals surface area contributed by atoms with E-state index in [1.54, 1.807) is 34.3 Å². The van der Waals surface area contributed by atoms with Gasteiger partial charge in [-0.15, -0.1) is 0 Å². The van der Waals surface area contributed by atoms with Crippen LogP contribution in [0.5, 0.6) is 17.2 Å². The van der Waals surface area contributed by atoms with Gasteiger partial charge in [0.05, 0.1) is 41.5 Å². The Morgan fingerprint density at radius 1 is 1.03 bits per heavy atom. The number of nitrogens with zero attached hydrogens (tertiary/aromatic N) is 1. The molecule has 0 amide bonds. The van der Waals surface area contributed by atoms with Crippen LogP contribution in [-0.4, -0.2) is 46.9 Å². The molecule has 9 heteroatoms. The quantitative estimate of drug-likeness (QED) is 0.363. The van der Waals surface area contributed by atoms with E-state index in [0.717, 1.165) is 5.56 Å². The van der Waals surface area contributed by atoms with Gasteiger partial charge in [-0.05, 0) is 37.6 Å². The van der Waals surface area contributed by atoms with Gasteiger partial charge < -0.3 is 34.0 Å². The summed E-state index contributed by atoms with van der Waals surface area (Å²) in [6.45, 7) is 5.13. The van der Waals surface area contributed by atoms with E-state index in [9.17, 15) is 4.79 Å². The molecule has 0 fully saturated rings. The molecule has 0 bridgehead atoms. The monoisotopic (exact) mass is 419 g/mol. The van der Waals surface area contributed by atoms with Crippen molar-refractivity contribution in [3.63, 3.8) is 0 Å². The lowest BCUT2D eigenvalue weighted by atomic mass is 10.2. The zero-order valence-corrected chi connectivity index (χ0v) is 18.3. The summed E-state index contributed by atoms with van der Waals surface area (Å²) < 4.78 is 26.5. The highest BCUT2D eigenvalue weighted by Gasteiger charge is 2.16. The number of esters is 1. The van der Waals surface area contributed by atoms with Gasteiger partial charge in [-0.1, -0.05) is 0 Å². The fourth-order valence-electron chi connectivity index (χ4n) is 2.85. The first kappa shape index (κ1) is 22.9. The van der Waals surface area contributed by atoms with Crippen LogP contribution in [0.25, 0.3) is 0 Å². The summed E-state index contributed by atoms with van der Waals surface area (Å²) in [5.41, 5.74) is 1.30. The summed E-state index contributed by atoms with van der Waals surface area (Å²) in [5.74, 6) is 2.96. The normalized spacial score (nSPS) is 11.1. The maximum Gasteiger partial charge on any atom is 0.341 e. The van der Waals surface area contributed by atoms with Crippen molar-refractivity contribution in [1.82, 2.24) is 10.6 Å². The molecule has 0 spiro atoms. The van der Waals surface area contributed by atoms with Crippen LogP contribution in [0.4, 0.5) is 0 Å². The number of guanidine groups is 1. The van der Waals surface area contributed by atoms with Gasteiger partial charge in [0.15, 0.2) is 17.5 Å². The predicted molar refractivity (Wildman–Crippen MR) is 113 cm³/mol. The Morgan fingerprint density at radius 2 is 1.70 bits per heavy atom. The highest BCUT2D eigenvalue weighted by atomic mass is 16.5. The van der Waals surface area contributed by atoms with Gasteiger partial charge in [0.1, 0.15) is 17.1 Å². The average molecular weight is 419 g/mol. The zero-order chi connectivity index (χ0) is 22.1. The Bertz CT molecular complexity index is 866. The topological polar surface area (TPSA) is 104 Å². The van der Waals surface area contributed by atoms with Gasteiger partial charge in [0.25, 0.3) is 0 Å². The fraction of sp³-hybridized carbons (Fsp3) is 0.429. The molecule has 0 saturated heterocycles. The lowest BCUT2D eigenvalue weighted by Crippen LogP contribution is -2.36. The van der Waals surface area contributed by atoms with Crippen molar-refractivity contribution in [2.24, 2.45) is 4.99 Å². The standard InChI is InChI=1S/C21H29N3O6/c1-7-22-21(24-12-15-10-16(13(2)30-15)20(25)29-6)23-11-14-8-17(26-3)19(28-5)18(9-14)27-4/h8-10H,7,11-12H2,1-6H3,(H2,22,23,24). The lowest BCUT2D eigenvalue weighted by molar-refractivity contribution is 0.0599. The van der Waals surface area contributed by atoms with Crippen molar-refractivity contribution in [1.29, 1.82) is 0 Å². The van der Waals surface area contributed by atoms with Gasteiger partial charge in [-0.25, -0.2) is 9.79 Å². The third kappa shape index (κ3) is 5.59. The SMILES string of the molecule is CCNC(=NCc1cc(OC)c(OC)c(OC)c1)NCc1cc(C(=O)OC)c(C)o1. The van der Waals surface area contributed by atoms with Crippen LogP contribution in [-0.2, 0) is 17.8 Å². The Balaban J connectivity index is 2.14. The van der Waals surface area contributed by atoms with Gasteiger partial charge >= 0.3 is 5.97 Å². The third-order valence-electron chi connectivity index (χ3n) is 4.29. The lowest BCUT2D eigenvalue weighted by Gasteiger charge is -2.14. The number of rotatable bonds is 9. The summed E-state index contributed by atoms with van der Waals surface area (Å²) in [6, 6.07) is 5.37. The van der Waals surface area contributed by atoms with E-state index >= 15 is 0 Å². The third-order valence-corrected chi connectivity index (χ3v) is 4.29. The number of methoxy groups -OCH3 is 4. The second kappa shape index (κ2) is 11.0. The Hall–Kier alpha value is -3.36. The summed E-state index contributed by atoms with van der Waals surface area (Å²) in [6.07, 6.45) is 0. The van der Waals surface area contributed by atoms with Gasteiger partial charge in [-0.3, -0.25) is 0 Å². The molecule has 2 rings (SSSR count). The smallest absolute Gasteiger partial charge is 0.341 e. The van der Waals surface area contributed by atoms with E-state index in [2.05, 4.69) is 15.6 Å². The number of nitrogens with one attached hydrogen (secondary N) is 2. The largest absolute Gasteiger partial charge is 0.493 e. The molecule has 2 N–H and O–H groups in total. The van der Waals surface area contributed by atoms with Crippen LogP contribution in [0.2, 0.25) is 0 Å². The van der Waals surface area contributed by atoms with Crippen LogP contribution in [0.3, 0.4) is 0 Å². The number of hydrogen-bond donors (Lipinski definition) is 2. The zero-order valence-electron chi connectivity index (χ0n) is 18.3. The number of aryl methyl sites for hydroxylation is 1. The number of carbonyl (C=O) groups excluding carboxylic acids is 1. The van der Waals surface area contributed by atoms with Gasteiger partial charge in [0, 0.05) is 6.54 Å². The number of aliphatic imine (C=N–C) groups is 1. The van der Waals surface area contributed by atoms with E-state index in [-0.39, 0.29) is 0 Å². The first-order chi connectivity index (χ1) is 14.5. The molecular weight excluding hydrogens is 390 g/mol. The van der Waals surface area contributed by atoms with Crippen molar-refractivity contribution in [3.8, 4) is 17.2 Å². The van der Waals surface area contributed by atoms with Crippen LogP contribution < -0.4 is 24.8 Å². The first-order valence-electron chi connectivity index (χ1n) is 9.46. The number of ether oxygens (including phenoxy) is 4. The molecule has 0 unspecified atom stereocenters. The maximum absolute atomic E-state index is 11.7. The molecule has 0 aliphatic carbocycles. The molecule has 1 aromatic carbocycles. The van der Waals surface area contributed by atoms with Gasteiger partial charge in [-0.2, -0.15) is 0 Å². The molecule has 0 aliphatic rings. The van der Waals surface area contributed by atoms with Crippen molar-refractivity contribution in [3.05, 3.63) is 40.8 Å². The van der Waals surface area contributed by atoms with Gasteiger partial charge in [0.2, 0.25) is 5.75 Å². The number of hydrogen-bond acceptors (Lipinski definition) is 7. The average Bonchev–Trinajstić information content (AvgIpc) is 3.14. The second-order valence-electron chi connectivity index (χ2n) is 6.26. The van der Waals surface area contributed by atoms with Crippen LogP contribution >= 0.6 is 0 Å². The minimum absolute atomic E-state index is 0.360. The molecule has 1 aromatic heterocycles. The molecule has 2 aromatic rings. The minimum atomic E-state index is -0.425. The number of benzene rings is 1. The molecule has 0 saturated carbocycles. The molecule has 164 valence electrons. The maximum atomic E-state index is 11.7. The van der Waals surface area contributed by atoms with Crippen molar-refractivity contribution in [2.45, 2.75) is 26.9 Å². The van der Waals surface area contributed by atoms with Crippen molar-refractivity contribution >= 4 is 11.9 Å².